The van der Waals surface area contributed by atoms with Crippen molar-refractivity contribution >= 4 is 17.7 Å². The van der Waals surface area contributed by atoms with Gasteiger partial charge in [0.05, 0.1) is 12.2 Å². The number of carbonyl (C=O) groups excluding carboxylic acids is 3. The van der Waals surface area contributed by atoms with E-state index < -0.39 is 23.5 Å². The first-order valence-electron chi connectivity index (χ1n) is 13.2. The Hall–Kier alpha value is -4.44. The fraction of sp³-hybridized carbons (Fsp3) is 0.300. The number of hydrogen-bond acceptors (Lipinski definition) is 6. The quantitative estimate of drug-likeness (QED) is 0.528. The monoisotopic (exact) mass is 545 g/mol. The van der Waals surface area contributed by atoms with Crippen LogP contribution in [0.25, 0.3) is 0 Å². The summed E-state index contributed by atoms with van der Waals surface area (Å²) in [5.41, 5.74) is 0.196. The number of fused-ring (bicyclic) bond motifs is 1. The van der Waals surface area contributed by atoms with Gasteiger partial charge in [-0.15, -0.1) is 0 Å². The molecule has 10 heteroatoms. The Morgan fingerprint density at radius 2 is 1.62 bits per heavy atom. The zero-order valence-corrected chi connectivity index (χ0v) is 21.7. The summed E-state index contributed by atoms with van der Waals surface area (Å²) in [6.45, 7) is 0.908. The zero-order valence-electron chi connectivity index (χ0n) is 21.7. The first-order valence-corrected chi connectivity index (χ1v) is 13.2. The van der Waals surface area contributed by atoms with E-state index in [2.05, 4.69) is 5.32 Å². The van der Waals surface area contributed by atoms with Gasteiger partial charge in [0.15, 0.2) is 11.5 Å². The molecule has 1 atom stereocenters. The van der Waals surface area contributed by atoms with Crippen LogP contribution in [0, 0.1) is 5.82 Å². The highest BCUT2D eigenvalue weighted by molar-refractivity contribution is 5.98. The number of benzene rings is 3. The van der Waals surface area contributed by atoms with Gasteiger partial charge in [-0.3, -0.25) is 19.3 Å². The average molecular weight is 546 g/mol. The van der Waals surface area contributed by atoms with Crippen LogP contribution in [0.2, 0.25) is 0 Å². The summed E-state index contributed by atoms with van der Waals surface area (Å²) >= 11 is 0. The summed E-state index contributed by atoms with van der Waals surface area (Å²) in [5.74, 6) is -0.387. The molecule has 3 amide bonds. The highest BCUT2D eigenvalue weighted by atomic mass is 19.1. The summed E-state index contributed by atoms with van der Waals surface area (Å²) in [6.07, 6.45) is 0.579. The fourth-order valence-corrected chi connectivity index (χ4v) is 5.51. The van der Waals surface area contributed by atoms with Crippen LogP contribution in [0.4, 0.5) is 4.39 Å². The smallest absolute Gasteiger partial charge is 0.256 e. The summed E-state index contributed by atoms with van der Waals surface area (Å²) in [6, 6.07) is 19.2. The van der Waals surface area contributed by atoms with E-state index >= 15 is 0 Å². The van der Waals surface area contributed by atoms with Gasteiger partial charge < -0.3 is 24.4 Å². The lowest BCUT2D eigenvalue weighted by Gasteiger charge is -2.44. The van der Waals surface area contributed by atoms with Crippen molar-refractivity contribution in [3.05, 3.63) is 95.3 Å². The molecule has 3 aromatic carbocycles. The molecule has 2 fully saturated rings. The maximum absolute atomic E-state index is 14.3. The molecule has 3 aromatic rings. The Morgan fingerprint density at radius 3 is 2.40 bits per heavy atom. The van der Waals surface area contributed by atoms with Gasteiger partial charge in [-0.25, -0.2) is 4.39 Å². The molecule has 3 aliphatic rings. The minimum Gasteiger partial charge on any atom is -0.454 e. The van der Waals surface area contributed by atoms with Crippen LogP contribution >= 0.6 is 0 Å². The van der Waals surface area contributed by atoms with Crippen LogP contribution in [-0.4, -0.2) is 65.8 Å². The fourth-order valence-electron chi connectivity index (χ4n) is 5.51. The predicted octanol–water partition coefficient (Wildman–Crippen LogP) is 3.34. The molecule has 0 aromatic heterocycles. The van der Waals surface area contributed by atoms with Crippen molar-refractivity contribution in [2.24, 2.45) is 0 Å². The third-order valence-corrected chi connectivity index (χ3v) is 7.64. The zero-order chi connectivity index (χ0) is 27.7. The molecule has 9 nitrogen and oxygen atoms in total. The van der Waals surface area contributed by atoms with Crippen LogP contribution < -0.4 is 14.8 Å². The van der Waals surface area contributed by atoms with Gasteiger partial charge in [0.25, 0.3) is 11.8 Å². The van der Waals surface area contributed by atoms with Crippen molar-refractivity contribution in [3.63, 3.8) is 0 Å². The van der Waals surface area contributed by atoms with Gasteiger partial charge in [0.2, 0.25) is 12.7 Å². The van der Waals surface area contributed by atoms with Gasteiger partial charge in [0, 0.05) is 38.0 Å². The van der Waals surface area contributed by atoms with Crippen LogP contribution in [0.1, 0.15) is 39.1 Å². The molecule has 1 N–H and O–H groups in total. The van der Waals surface area contributed by atoms with E-state index in [9.17, 15) is 18.8 Å². The van der Waals surface area contributed by atoms with Crippen molar-refractivity contribution in [2.45, 2.75) is 31.2 Å². The molecular formula is C30H28FN3O6. The Balaban J connectivity index is 1.20. The number of nitrogens with zero attached hydrogens (tertiary/aromatic N) is 2. The molecule has 0 saturated carbocycles. The molecule has 6 rings (SSSR count). The Bertz CT molecular complexity index is 1440. The van der Waals surface area contributed by atoms with E-state index in [0.717, 1.165) is 5.56 Å². The minimum atomic E-state index is -1.07. The molecule has 0 unspecified atom stereocenters. The van der Waals surface area contributed by atoms with Gasteiger partial charge in [0.1, 0.15) is 17.6 Å². The normalized spacial score (nSPS) is 19.1. The second kappa shape index (κ2) is 10.6. The molecule has 1 spiro atoms. The molecule has 0 aliphatic carbocycles. The van der Waals surface area contributed by atoms with Crippen LogP contribution in [0.15, 0.2) is 72.8 Å². The number of rotatable bonds is 5. The number of likely N-dealkylation sites (tertiary alicyclic amines) is 1. The van der Waals surface area contributed by atoms with Crippen LogP contribution in [0.5, 0.6) is 11.5 Å². The largest absolute Gasteiger partial charge is 0.454 e. The molecular weight excluding hydrogens is 517 g/mol. The molecule has 0 radical (unpaired) electrons. The molecule has 206 valence electrons. The number of hydrogen-bond donors (Lipinski definition) is 1. The van der Waals surface area contributed by atoms with E-state index in [1.54, 1.807) is 41.3 Å². The molecule has 40 heavy (non-hydrogen) atoms. The first kappa shape index (κ1) is 25.8. The van der Waals surface area contributed by atoms with Crippen molar-refractivity contribution in [1.29, 1.82) is 0 Å². The molecule has 0 bridgehead atoms. The molecule has 3 heterocycles. The standard InChI is InChI=1S/C30H28FN3O6/c31-23-9-5-4-8-22(23)29(37)33-14-12-30(13-15-33)34(28(36)21-6-2-1-3-7-21)24(18-40-30)27(35)32-17-20-10-11-25-26(16-20)39-19-38-25/h1-11,16,24H,12-15,17-19H2,(H,32,35)/t24-/m1/s1. The van der Waals surface area contributed by atoms with Crippen molar-refractivity contribution in [3.8, 4) is 11.5 Å². The van der Waals surface area contributed by atoms with Gasteiger partial charge in [-0.05, 0) is 42.0 Å². The van der Waals surface area contributed by atoms with Crippen molar-refractivity contribution < 1.29 is 33.0 Å². The maximum Gasteiger partial charge on any atom is 0.256 e. The molecule has 2 saturated heterocycles. The van der Waals surface area contributed by atoms with E-state index in [1.807, 2.05) is 18.2 Å². The lowest BCUT2D eigenvalue weighted by molar-refractivity contribution is -0.128. The highest BCUT2D eigenvalue weighted by Gasteiger charge is 2.54. The van der Waals surface area contributed by atoms with Crippen LogP contribution in [0.3, 0.4) is 0 Å². The maximum atomic E-state index is 14.3. The van der Waals surface area contributed by atoms with E-state index in [4.69, 9.17) is 14.2 Å². The molecule has 3 aliphatic heterocycles. The van der Waals surface area contributed by atoms with Crippen LogP contribution in [-0.2, 0) is 16.1 Å². The minimum absolute atomic E-state index is 0.00350. The first-order chi connectivity index (χ1) is 19.4. The summed E-state index contributed by atoms with van der Waals surface area (Å²) in [5, 5.41) is 2.93. The Morgan fingerprint density at radius 1 is 0.900 bits per heavy atom. The van der Waals surface area contributed by atoms with Gasteiger partial charge in [-0.2, -0.15) is 0 Å². The topological polar surface area (TPSA) is 97.4 Å². The third kappa shape index (κ3) is 4.75. The van der Waals surface area contributed by atoms with Crippen molar-refractivity contribution in [2.75, 3.05) is 26.5 Å². The number of halogens is 1. The Labute approximate surface area is 230 Å². The third-order valence-electron chi connectivity index (χ3n) is 7.64. The lowest BCUT2D eigenvalue weighted by Crippen LogP contribution is -2.59. The van der Waals surface area contributed by atoms with Gasteiger partial charge in [-0.1, -0.05) is 36.4 Å². The highest BCUT2D eigenvalue weighted by Crippen LogP contribution is 2.39. The second-order valence-electron chi connectivity index (χ2n) is 9.99. The average Bonchev–Trinajstić information content (AvgIpc) is 3.61. The van der Waals surface area contributed by atoms with E-state index in [-0.39, 0.29) is 63.3 Å². The summed E-state index contributed by atoms with van der Waals surface area (Å²) in [7, 11) is 0. The second-order valence-corrected chi connectivity index (χ2v) is 9.99. The van der Waals surface area contributed by atoms with E-state index in [1.165, 1.54) is 23.1 Å². The number of amides is 3. The van der Waals surface area contributed by atoms with Gasteiger partial charge >= 0.3 is 0 Å². The summed E-state index contributed by atoms with van der Waals surface area (Å²) < 4.78 is 31.3. The Kier molecular flexibility index (Phi) is 6.85. The number of ether oxygens (including phenoxy) is 3. The predicted molar refractivity (Wildman–Crippen MR) is 141 cm³/mol. The SMILES string of the molecule is O=C(NCc1ccc2c(c1)OCO2)[C@H]1COC2(CCN(C(=O)c3ccccc3F)CC2)N1C(=O)c1ccccc1. The van der Waals surface area contributed by atoms with Crippen molar-refractivity contribution in [1.82, 2.24) is 15.1 Å². The van der Waals surface area contributed by atoms with E-state index in [0.29, 0.717) is 17.1 Å². The number of nitrogens with one attached hydrogen (secondary N) is 1. The summed E-state index contributed by atoms with van der Waals surface area (Å²) in [4.78, 5) is 43.4. The number of carbonyl (C=O) groups is 3. The lowest BCUT2D eigenvalue weighted by atomic mass is 9.96. The number of piperidine rings is 1.